The number of aromatic hydroxyl groups is 2. The molecule has 0 radical (unpaired) electrons. The predicted octanol–water partition coefficient (Wildman–Crippen LogP) is 1.83. The van der Waals surface area contributed by atoms with Gasteiger partial charge in [-0.15, -0.1) is 6.42 Å². The molecule has 0 aliphatic carbocycles. The van der Waals surface area contributed by atoms with Crippen molar-refractivity contribution in [3.8, 4) is 23.8 Å². The van der Waals surface area contributed by atoms with Crippen LogP contribution in [0.2, 0.25) is 0 Å². The lowest BCUT2D eigenvalue weighted by molar-refractivity contribution is 0.403. The highest BCUT2D eigenvalue weighted by molar-refractivity contribution is 5.42. The number of benzene rings is 1. The Bertz CT molecular complexity index is 323. The highest BCUT2D eigenvalue weighted by Crippen LogP contribution is 2.27. The fourth-order valence-electron chi connectivity index (χ4n) is 0.906. The zero-order valence-electron chi connectivity index (χ0n) is 6.78. The van der Waals surface area contributed by atoms with Gasteiger partial charge in [-0.25, -0.2) is 0 Å². The molecule has 1 aromatic rings. The van der Waals surface area contributed by atoms with Gasteiger partial charge in [-0.1, -0.05) is 12.0 Å². The highest BCUT2D eigenvalue weighted by Gasteiger charge is 2.04. The van der Waals surface area contributed by atoms with Crippen molar-refractivity contribution in [2.45, 2.75) is 12.8 Å². The van der Waals surface area contributed by atoms with Crippen molar-refractivity contribution in [2.75, 3.05) is 0 Å². The van der Waals surface area contributed by atoms with Crippen LogP contribution >= 0.6 is 0 Å². The summed E-state index contributed by atoms with van der Waals surface area (Å²) in [5, 5.41) is 18.1. The molecule has 0 spiro atoms. The quantitative estimate of drug-likeness (QED) is 0.488. The molecule has 1 rings (SSSR count). The third-order valence-corrected chi connectivity index (χ3v) is 1.75. The number of hydrogen-bond donors (Lipinski definition) is 2. The Hall–Kier alpha value is -1.62. The minimum absolute atomic E-state index is 0.0449. The Morgan fingerprint density at radius 2 is 2.00 bits per heavy atom. The van der Waals surface area contributed by atoms with Crippen LogP contribution < -0.4 is 0 Å². The van der Waals surface area contributed by atoms with Gasteiger partial charge < -0.3 is 10.2 Å². The maximum Gasteiger partial charge on any atom is 0.157 e. The van der Waals surface area contributed by atoms with Crippen molar-refractivity contribution < 1.29 is 10.2 Å². The van der Waals surface area contributed by atoms with Crippen LogP contribution in [0.1, 0.15) is 18.4 Å². The number of rotatable bonds is 1. The molecule has 0 amide bonds. The first-order valence-corrected chi connectivity index (χ1v) is 3.63. The lowest BCUT2D eigenvalue weighted by atomic mass is 10.0. The number of hydrogen-bond acceptors (Lipinski definition) is 2. The summed E-state index contributed by atoms with van der Waals surface area (Å²) in [5.41, 5.74) is 0.827. The zero-order chi connectivity index (χ0) is 9.14. The van der Waals surface area contributed by atoms with Crippen molar-refractivity contribution in [1.29, 1.82) is 0 Å². The largest absolute Gasteiger partial charge is 0.504 e. The molecule has 2 N–H and O–H groups in total. The summed E-state index contributed by atoms with van der Waals surface area (Å²) in [6, 6.07) is 4.60. The molecule has 0 saturated carbocycles. The first kappa shape index (κ1) is 8.48. The van der Waals surface area contributed by atoms with E-state index in [0.717, 1.165) is 5.56 Å². The SMILES string of the molecule is C#CC(C)c1ccc(O)c(O)c1. The van der Waals surface area contributed by atoms with Gasteiger partial charge in [0.15, 0.2) is 11.5 Å². The summed E-state index contributed by atoms with van der Waals surface area (Å²) in [4.78, 5) is 0. The van der Waals surface area contributed by atoms with Crippen LogP contribution in [-0.4, -0.2) is 10.2 Å². The van der Waals surface area contributed by atoms with Crippen molar-refractivity contribution in [3.05, 3.63) is 23.8 Å². The van der Waals surface area contributed by atoms with E-state index in [1.807, 2.05) is 6.92 Å². The molecule has 62 valence electrons. The van der Waals surface area contributed by atoms with Crippen LogP contribution in [-0.2, 0) is 0 Å². The molecule has 12 heavy (non-hydrogen) atoms. The molecule has 2 heteroatoms. The van der Waals surface area contributed by atoms with Gasteiger partial charge in [0.25, 0.3) is 0 Å². The standard InChI is InChI=1S/C10H10O2/c1-3-7(2)8-4-5-9(11)10(12)6-8/h1,4-7,11-12H,2H3. The molecule has 2 nitrogen and oxygen atoms in total. The van der Waals surface area contributed by atoms with Crippen LogP contribution in [0.5, 0.6) is 11.5 Å². The normalized spacial score (nSPS) is 12.0. The number of terminal acetylenes is 1. The Morgan fingerprint density at radius 1 is 1.33 bits per heavy atom. The average Bonchev–Trinajstić information content (AvgIpc) is 2.08. The molecule has 0 aliphatic heterocycles. The van der Waals surface area contributed by atoms with Gasteiger partial charge >= 0.3 is 0 Å². The summed E-state index contributed by atoms with van der Waals surface area (Å²) >= 11 is 0. The molecule has 0 aliphatic rings. The van der Waals surface area contributed by atoms with Crippen molar-refractivity contribution >= 4 is 0 Å². The van der Waals surface area contributed by atoms with Gasteiger partial charge in [0.1, 0.15) is 0 Å². The fraction of sp³-hybridized carbons (Fsp3) is 0.200. The summed E-state index contributed by atoms with van der Waals surface area (Å²) in [7, 11) is 0. The van der Waals surface area contributed by atoms with Crippen molar-refractivity contribution in [2.24, 2.45) is 0 Å². The summed E-state index contributed by atoms with van der Waals surface area (Å²) < 4.78 is 0. The van der Waals surface area contributed by atoms with E-state index in [2.05, 4.69) is 5.92 Å². The minimum Gasteiger partial charge on any atom is -0.504 e. The first-order chi connectivity index (χ1) is 5.65. The van der Waals surface area contributed by atoms with Crippen molar-refractivity contribution in [1.82, 2.24) is 0 Å². The lowest BCUT2D eigenvalue weighted by Crippen LogP contribution is -1.87. The van der Waals surface area contributed by atoms with Gasteiger partial charge in [-0.2, -0.15) is 0 Å². The van der Waals surface area contributed by atoms with E-state index in [0.29, 0.717) is 0 Å². The smallest absolute Gasteiger partial charge is 0.157 e. The minimum atomic E-state index is -0.130. The van der Waals surface area contributed by atoms with E-state index in [4.69, 9.17) is 16.6 Å². The van der Waals surface area contributed by atoms with Crippen LogP contribution in [0.3, 0.4) is 0 Å². The topological polar surface area (TPSA) is 40.5 Å². The molecule has 1 aromatic carbocycles. The second-order valence-corrected chi connectivity index (χ2v) is 2.64. The van der Waals surface area contributed by atoms with E-state index < -0.39 is 0 Å². The molecule has 1 atom stereocenters. The van der Waals surface area contributed by atoms with E-state index in [1.165, 1.54) is 12.1 Å². The Balaban J connectivity index is 3.06. The molecule has 0 heterocycles. The Kier molecular flexibility index (Phi) is 2.25. The van der Waals surface area contributed by atoms with Crippen LogP contribution in [0, 0.1) is 12.3 Å². The maximum atomic E-state index is 9.13. The molecule has 0 fully saturated rings. The first-order valence-electron chi connectivity index (χ1n) is 3.63. The number of phenols is 2. The van der Waals surface area contributed by atoms with Crippen LogP contribution in [0.25, 0.3) is 0 Å². The second kappa shape index (κ2) is 3.19. The van der Waals surface area contributed by atoms with Gasteiger partial charge in [0.05, 0.1) is 0 Å². The van der Waals surface area contributed by atoms with Crippen molar-refractivity contribution in [3.63, 3.8) is 0 Å². The molecular formula is C10H10O2. The third-order valence-electron chi connectivity index (χ3n) is 1.75. The van der Waals surface area contributed by atoms with E-state index in [-0.39, 0.29) is 17.4 Å². The lowest BCUT2D eigenvalue weighted by Gasteiger charge is -2.05. The van der Waals surface area contributed by atoms with E-state index in [9.17, 15) is 0 Å². The average molecular weight is 162 g/mol. The van der Waals surface area contributed by atoms with Gasteiger partial charge in [-0.3, -0.25) is 0 Å². The molecule has 0 aromatic heterocycles. The van der Waals surface area contributed by atoms with Gasteiger partial charge in [0.2, 0.25) is 0 Å². The molecule has 0 saturated heterocycles. The van der Waals surface area contributed by atoms with E-state index >= 15 is 0 Å². The highest BCUT2D eigenvalue weighted by atomic mass is 16.3. The van der Waals surface area contributed by atoms with Gasteiger partial charge in [-0.05, 0) is 24.6 Å². The summed E-state index contributed by atoms with van der Waals surface area (Å²) in [5.74, 6) is 2.24. The molecular weight excluding hydrogens is 152 g/mol. The molecule has 0 bridgehead atoms. The monoisotopic (exact) mass is 162 g/mol. The second-order valence-electron chi connectivity index (χ2n) is 2.64. The summed E-state index contributed by atoms with van der Waals surface area (Å²) in [6.07, 6.45) is 5.20. The van der Waals surface area contributed by atoms with Gasteiger partial charge in [0, 0.05) is 5.92 Å². The third kappa shape index (κ3) is 1.51. The zero-order valence-corrected chi connectivity index (χ0v) is 6.78. The molecule has 1 unspecified atom stereocenters. The Morgan fingerprint density at radius 3 is 2.50 bits per heavy atom. The van der Waals surface area contributed by atoms with Crippen LogP contribution in [0.15, 0.2) is 18.2 Å². The maximum absolute atomic E-state index is 9.13. The fourth-order valence-corrected chi connectivity index (χ4v) is 0.906. The predicted molar refractivity (Wildman–Crippen MR) is 47.0 cm³/mol. The van der Waals surface area contributed by atoms with E-state index in [1.54, 1.807) is 6.07 Å². The Labute approximate surface area is 71.5 Å². The summed E-state index contributed by atoms with van der Waals surface area (Å²) in [6.45, 7) is 1.85. The van der Waals surface area contributed by atoms with Crippen LogP contribution in [0.4, 0.5) is 0 Å². The number of phenolic OH excluding ortho intramolecular Hbond substituents is 2.